The fraction of sp³-hybridized carbons (Fsp3) is 0.200. The zero-order chi connectivity index (χ0) is 18.8. The van der Waals surface area contributed by atoms with Gasteiger partial charge in [-0.25, -0.2) is 4.98 Å². The zero-order valence-electron chi connectivity index (χ0n) is 14.7. The van der Waals surface area contributed by atoms with Gasteiger partial charge in [-0.1, -0.05) is 35.3 Å². The molecular formula is C20H18Cl2N2OS. The zero-order valence-corrected chi connectivity index (χ0v) is 17.0. The van der Waals surface area contributed by atoms with Gasteiger partial charge in [0.15, 0.2) is 5.13 Å². The van der Waals surface area contributed by atoms with E-state index in [-0.39, 0.29) is 12.3 Å². The molecule has 6 heteroatoms. The van der Waals surface area contributed by atoms with E-state index in [0.29, 0.717) is 15.2 Å². The van der Waals surface area contributed by atoms with E-state index in [1.807, 2.05) is 38.1 Å². The topological polar surface area (TPSA) is 33.2 Å². The summed E-state index contributed by atoms with van der Waals surface area (Å²) in [6, 6.07) is 11.2. The molecule has 1 heterocycles. The van der Waals surface area contributed by atoms with E-state index in [9.17, 15) is 4.79 Å². The summed E-state index contributed by atoms with van der Waals surface area (Å²) in [4.78, 5) is 20.3. The fourth-order valence-electron chi connectivity index (χ4n) is 2.58. The van der Waals surface area contributed by atoms with Crippen molar-refractivity contribution >= 4 is 51.3 Å². The summed E-state index contributed by atoms with van der Waals surface area (Å²) in [7, 11) is 0. The number of aromatic nitrogens is 1. The molecule has 2 aromatic carbocycles. The second-order valence-corrected chi connectivity index (χ2v) is 8.20. The predicted molar refractivity (Wildman–Crippen MR) is 110 cm³/mol. The first-order valence-corrected chi connectivity index (χ1v) is 9.69. The minimum absolute atomic E-state index is 0.0685. The van der Waals surface area contributed by atoms with Crippen LogP contribution < -0.4 is 4.90 Å². The van der Waals surface area contributed by atoms with Crippen LogP contribution in [0.1, 0.15) is 21.6 Å². The Morgan fingerprint density at radius 2 is 1.81 bits per heavy atom. The Morgan fingerprint density at radius 3 is 2.42 bits per heavy atom. The molecule has 0 saturated carbocycles. The average Bonchev–Trinajstić information content (AvgIpc) is 3.00. The summed E-state index contributed by atoms with van der Waals surface area (Å²) in [5, 5.41) is 1.58. The van der Waals surface area contributed by atoms with Gasteiger partial charge in [0.1, 0.15) is 0 Å². The van der Waals surface area contributed by atoms with Crippen molar-refractivity contribution in [3.8, 4) is 0 Å². The highest BCUT2D eigenvalue weighted by Gasteiger charge is 2.22. The fourth-order valence-corrected chi connectivity index (χ4v) is 3.69. The van der Waals surface area contributed by atoms with Crippen molar-refractivity contribution in [2.75, 3.05) is 4.90 Å². The first-order chi connectivity index (χ1) is 12.3. The third kappa shape index (κ3) is 4.09. The molecule has 0 aliphatic rings. The first kappa shape index (κ1) is 18.9. The molecule has 0 aliphatic heterocycles. The van der Waals surface area contributed by atoms with Crippen LogP contribution in [0, 0.1) is 20.8 Å². The number of rotatable bonds is 4. The lowest BCUT2D eigenvalue weighted by Crippen LogP contribution is -2.27. The number of hydrogen-bond donors (Lipinski definition) is 0. The molecule has 3 aromatic rings. The number of nitrogens with zero attached hydrogens (tertiary/aromatic N) is 2. The number of aryl methyl sites for hydroxylation is 3. The molecule has 0 N–H and O–H groups in total. The molecule has 1 amide bonds. The van der Waals surface area contributed by atoms with Gasteiger partial charge >= 0.3 is 0 Å². The smallest absolute Gasteiger partial charge is 0.237 e. The summed E-state index contributed by atoms with van der Waals surface area (Å²) in [6.45, 7) is 6.06. The number of halogens is 2. The highest BCUT2D eigenvalue weighted by molar-refractivity contribution is 7.15. The van der Waals surface area contributed by atoms with Gasteiger partial charge < -0.3 is 0 Å². The van der Waals surface area contributed by atoms with Crippen LogP contribution in [0.4, 0.5) is 10.8 Å². The van der Waals surface area contributed by atoms with Gasteiger partial charge in [-0.3, -0.25) is 9.69 Å². The van der Waals surface area contributed by atoms with Gasteiger partial charge in [-0.05, 0) is 61.7 Å². The molecule has 134 valence electrons. The Kier molecular flexibility index (Phi) is 5.66. The van der Waals surface area contributed by atoms with Crippen molar-refractivity contribution in [1.82, 2.24) is 4.98 Å². The number of amides is 1. The summed E-state index contributed by atoms with van der Waals surface area (Å²) in [5.74, 6) is -0.0685. The minimum atomic E-state index is -0.0685. The molecule has 1 aromatic heterocycles. The van der Waals surface area contributed by atoms with Crippen LogP contribution in [0.25, 0.3) is 0 Å². The van der Waals surface area contributed by atoms with Crippen LogP contribution in [-0.2, 0) is 11.2 Å². The predicted octanol–water partition coefficient (Wildman–Crippen LogP) is 6.28. The van der Waals surface area contributed by atoms with Crippen LogP contribution in [0.5, 0.6) is 0 Å². The molecule has 0 bridgehead atoms. The van der Waals surface area contributed by atoms with Gasteiger partial charge in [-0.2, -0.15) is 0 Å². The third-order valence-electron chi connectivity index (χ3n) is 4.14. The molecule has 0 atom stereocenters. The molecular weight excluding hydrogens is 387 g/mol. The molecule has 0 fully saturated rings. The maximum Gasteiger partial charge on any atom is 0.237 e. The van der Waals surface area contributed by atoms with E-state index in [1.165, 1.54) is 16.9 Å². The second kappa shape index (κ2) is 7.78. The van der Waals surface area contributed by atoms with Crippen molar-refractivity contribution in [3.05, 3.63) is 74.2 Å². The normalized spacial score (nSPS) is 10.8. The molecule has 0 saturated heterocycles. The van der Waals surface area contributed by atoms with Crippen molar-refractivity contribution in [1.29, 1.82) is 0 Å². The van der Waals surface area contributed by atoms with Crippen LogP contribution in [0.15, 0.2) is 42.6 Å². The number of benzene rings is 2. The van der Waals surface area contributed by atoms with Gasteiger partial charge in [0.05, 0.1) is 22.2 Å². The van der Waals surface area contributed by atoms with Gasteiger partial charge in [0.25, 0.3) is 0 Å². The lowest BCUT2D eigenvalue weighted by Gasteiger charge is -2.21. The van der Waals surface area contributed by atoms with Crippen LogP contribution >= 0.6 is 34.5 Å². The average molecular weight is 405 g/mol. The molecule has 3 rings (SSSR count). The molecule has 26 heavy (non-hydrogen) atoms. The van der Waals surface area contributed by atoms with Crippen molar-refractivity contribution in [3.63, 3.8) is 0 Å². The van der Waals surface area contributed by atoms with E-state index < -0.39 is 0 Å². The monoisotopic (exact) mass is 404 g/mol. The minimum Gasteiger partial charge on any atom is -0.274 e. The van der Waals surface area contributed by atoms with Gasteiger partial charge in [0, 0.05) is 11.1 Å². The summed E-state index contributed by atoms with van der Waals surface area (Å²) >= 11 is 13.5. The lowest BCUT2D eigenvalue weighted by atomic mass is 10.1. The maximum absolute atomic E-state index is 13.1. The Bertz CT molecular complexity index is 968. The molecule has 0 unspecified atom stereocenters. The third-order valence-corrected chi connectivity index (χ3v) is 5.77. The van der Waals surface area contributed by atoms with E-state index in [1.54, 1.807) is 23.2 Å². The quantitative estimate of drug-likeness (QED) is 0.512. The Hall–Kier alpha value is -1.88. The second-order valence-electron chi connectivity index (χ2n) is 6.18. The lowest BCUT2D eigenvalue weighted by molar-refractivity contribution is -0.117. The summed E-state index contributed by atoms with van der Waals surface area (Å²) in [5.41, 5.74) is 3.93. The highest BCUT2D eigenvalue weighted by atomic mass is 35.5. The number of hydrogen-bond acceptors (Lipinski definition) is 3. The van der Waals surface area contributed by atoms with E-state index in [2.05, 4.69) is 11.9 Å². The number of carbonyl (C=O) groups is 1. The van der Waals surface area contributed by atoms with Crippen LogP contribution in [0.2, 0.25) is 10.0 Å². The standard InChI is InChI=1S/C20H18Cl2N2OS/c1-12-4-6-16(8-13(12)2)24(20-23-11-14(3)26-20)19(25)10-15-5-7-17(21)18(22)9-15/h4-9,11H,10H2,1-3H3. The highest BCUT2D eigenvalue weighted by Crippen LogP contribution is 2.32. The SMILES string of the molecule is Cc1cnc(N(C(=O)Cc2ccc(Cl)c(Cl)c2)c2ccc(C)c(C)c2)s1. The van der Waals surface area contributed by atoms with E-state index >= 15 is 0 Å². The molecule has 0 aliphatic carbocycles. The summed E-state index contributed by atoms with van der Waals surface area (Å²) < 4.78 is 0. The largest absolute Gasteiger partial charge is 0.274 e. The number of thiazole rings is 1. The van der Waals surface area contributed by atoms with Gasteiger partial charge in [-0.15, -0.1) is 11.3 Å². The molecule has 3 nitrogen and oxygen atoms in total. The van der Waals surface area contributed by atoms with Crippen LogP contribution in [-0.4, -0.2) is 10.9 Å². The van der Waals surface area contributed by atoms with E-state index in [0.717, 1.165) is 21.7 Å². The Labute approximate surface area is 167 Å². The Morgan fingerprint density at radius 1 is 1.04 bits per heavy atom. The van der Waals surface area contributed by atoms with Crippen molar-refractivity contribution in [2.45, 2.75) is 27.2 Å². The number of carbonyl (C=O) groups excluding carboxylic acids is 1. The Balaban J connectivity index is 1.98. The maximum atomic E-state index is 13.1. The molecule has 0 radical (unpaired) electrons. The van der Waals surface area contributed by atoms with Crippen LogP contribution in [0.3, 0.4) is 0 Å². The van der Waals surface area contributed by atoms with E-state index in [4.69, 9.17) is 23.2 Å². The van der Waals surface area contributed by atoms with Gasteiger partial charge in [0.2, 0.25) is 5.91 Å². The molecule has 0 spiro atoms. The van der Waals surface area contributed by atoms with Crippen molar-refractivity contribution in [2.24, 2.45) is 0 Å². The first-order valence-electron chi connectivity index (χ1n) is 8.11. The summed E-state index contributed by atoms with van der Waals surface area (Å²) in [6.07, 6.45) is 1.99. The number of anilines is 2. The van der Waals surface area contributed by atoms with Crippen molar-refractivity contribution < 1.29 is 4.79 Å².